The van der Waals surface area contributed by atoms with Crippen molar-refractivity contribution in [3.63, 3.8) is 0 Å². The largest absolute Gasteiger partial charge is 0.744 e. The van der Waals surface area contributed by atoms with Crippen LogP contribution >= 0.6 is 11.8 Å². The number of benzene rings is 4. The predicted octanol–water partition coefficient (Wildman–Crippen LogP) is 12.9. The van der Waals surface area contributed by atoms with E-state index >= 15 is 0 Å². The van der Waals surface area contributed by atoms with Gasteiger partial charge in [0.05, 0.1) is 33.6 Å². The van der Waals surface area contributed by atoms with Crippen LogP contribution in [0, 0.1) is 5.92 Å². The minimum Gasteiger partial charge on any atom is -0.744 e. The van der Waals surface area contributed by atoms with E-state index in [0.29, 0.717) is 54.1 Å². The third kappa shape index (κ3) is 13.7. The molecule has 0 spiro atoms. The van der Waals surface area contributed by atoms with Crippen LogP contribution in [0.3, 0.4) is 0 Å². The lowest BCUT2D eigenvalue weighted by Gasteiger charge is -2.29. The van der Waals surface area contributed by atoms with Crippen LogP contribution < -0.4 is 15.1 Å². The number of ketones is 1. The van der Waals surface area contributed by atoms with Crippen molar-refractivity contribution in [2.75, 3.05) is 49.3 Å². The van der Waals surface area contributed by atoms with Gasteiger partial charge in [-0.05, 0) is 149 Å². The van der Waals surface area contributed by atoms with E-state index in [9.17, 15) is 40.3 Å². The number of ether oxygens (including phenoxy) is 1. The highest BCUT2D eigenvalue weighted by atomic mass is 32.2. The van der Waals surface area contributed by atoms with Gasteiger partial charge in [-0.1, -0.05) is 94.5 Å². The second kappa shape index (κ2) is 26.4. The third-order valence-corrected chi connectivity index (χ3v) is 22.6. The molecule has 1 amide bonds. The van der Waals surface area contributed by atoms with E-state index in [1.807, 2.05) is 67.6 Å². The minimum atomic E-state index is -4.76. The number of nitrogens with zero attached hydrogens (tertiary/aromatic N) is 4. The Morgan fingerprint density at radius 1 is 0.681 bits per heavy atom. The molecule has 1 fully saturated rings. The molecule has 0 saturated heterocycles. The molecule has 15 nitrogen and oxygen atoms in total. The number of carbonyl (C=O) groups is 3. The number of rotatable bonds is 22. The number of hydrogen-bond donors (Lipinski definition) is 1. The normalized spacial score (nSPS) is 22.1. The summed E-state index contributed by atoms with van der Waals surface area (Å²) in [5, 5.41) is 3.35. The number of anilines is 2. The van der Waals surface area contributed by atoms with Gasteiger partial charge in [-0.3, -0.25) is 14.4 Å². The number of Topliss-reactive ketones (excluding diaryl/α,β-unsaturated/α-hetero) is 1. The fraction of sp³-hybridized carbons (Fsp3) is 0.411. The Morgan fingerprint density at radius 3 is 2.03 bits per heavy atom. The molecule has 1 N–H and O–H groups in total. The predicted molar refractivity (Wildman–Crippen MR) is 360 cm³/mol. The molecule has 0 bridgehead atoms. The molecule has 1 saturated carbocycles. The van der Waals surface area contributed by atoms with Crippen LogP contribution in [0.1, 0.15) is 142 Å². The maximum atomic E-state index is 14.0. The molecule has 2 aliphatic carbocycles. The lowest BCUT2D eigenvalue weighted by Crippen LogP contribution is -2.38. The van der Waals surface area contributed by atoms with Gasteiger partial charge in [0.1, 0.15) is 39.7 Å². The van der Waals surface area contributed by atoms with E-state index in [1.165, 1.54) is 74.2 Å². The number of carbonyl (C=O) groups excluding carboxylic acids is 3. The summed E-state index contributed by atoms with van der Waals surface area (Å²) in [6.07, 6.45) is 25.7. The number of amides is 1. The van der Waals surface area contributed by atoms with E-state index in [2.05, 4.69) is 129 Å². The summed E-state index contributed by atoms with van der Waals surface area (Å²) in [5.74, 6) is 0.960. The van der Waals surface area contributed by atoms with Gasteiger partial charge in [-0.25, -0.2) is 16.8 Å². The molecule has 10 rings (SSSR count). The zero-order chi connectivity index (χ0) is 65.4. The summed E-state index contributed by atoms with van der Waals surface area (Å²) in [5.41, 5.74) is 12.6. The highest BCUT2D eigenvalue weighted by Gasteiger charge is 2.46. The fourth-order valence-electron chi connectivity index (χ4n) is 14.7. The molecule has 0 unspecified atom stereocenters. The first-order valence-electron chi connectivity index (χ1n) is 31.6. The average Bonchev–Trinajstić information content (AvgIpc) is 1.62. The third-order valence-electron chi connectivity index (χ3n) is 19.7. The van der Waals surface area contributed by atoms with Crippen LogP contribution in [-0.4, -0.2) is 110 Å². The van der Waals surface area contributed by atoms with E-state index < -0.39 is 31.1 Å². The first kappa shape index (κ1) is 66.7. The highest BCUT2D eigenvalue weighted by molar-refractivity contribution is 8.03. The van der Waals surface area contributed by atoms with Crippen LogP contribution in [0.5, 0.6) is 0 Å². The molecule has 4 aliphatic heterocycles. The Kier molecular flexibility index (Phi) is 19.4. The lowest BCUT2D eigenvalue weighted by atomic mass is 9.81. The standard InChI is InChI=1S/C73H85N5O10S3/c1-70(2)56-21-14-16-23-60(56)75(9)64(70)37-29-50-19-18-20-51(30-38-65-71(3,4)57-22-15-17-24-61(57)76(65)10)69(50)89-44-40-68(81)74-52-31-27-49(28-32-52)45-53(80)39-41-77-62-35-33-54(90(82,83)84)46-58(62)72(5,6)66(77)25-12-11-13-26-67-73(7,8)59-47-55(91(85,86)87)34-36-63(59)78(67)42-43-88-48-79/h11-17,21-26,29-30,33-38,46-49,52H,18-20,27-28,31-32,39-45H2,1-10H3,(H-2,74,81,82,83,84,85,86,87). The quantitative estimate of drug-likeness (QED) is 0.0256. The SMILES string of the molecule is CN1/C(=C/C=C2\CCCC(/C=C/C3=[N+](C)c4ccccc4C3(C)C)=C2SCCC(=O)NC2CCC(CC(=O)CC[N+]3=C(/C=C/C=C/C=C4/N(CCOC=O)c5ccc(S(=O)(=O)[O-])cc5C4(C)C)C(C)(C)c4cc(S(=O)(=O)[O-])ccc43)CC2)C(C)(C)c2ccccc21. The van der Waals surface area contributed by atoms with Crippen molar-refractivity contribution in [1.29, 1.82) is 0 Å². The van der Waals surface area contributed by atoms with Crippen molar-refractivity contribution in [2.45, 2.75) is 157 Å². The summed E-state index contributed by atoms with van der Waals surface area (Å²) in [4.78, 5) is 43.6. The molecule has 0 radical (unpaired) electrons. The van der Waals surface area contributed by atoms with Crippen LogP contribution in [0.2, 0.25) is 0 Å². The number of nitrogens with one attached hydrogen (secondary N) is 1. The lowest BCUT2D eigenvalue weighted by molar-refractivity contribution is -0.436. The summed E-state index contributed by atoms with van der Waals surface area (Å²) < 4.78 is 82.2. The smallest absolute Gasteiger partial charge is 0.293 e. The molecule has 0 atom stereocenters. The molecule has 6 aliphatic rings. The second-order valence-electron chi connectivity index (χ2n) is 26.9. The minimum absolute atomic E-state index is 0.0318. The van der Waals surface area contributed by atoms with E-state index in [4.69, 9.17) is 4.74 Å². The van der Waals surface area contributed by atoms with Gasteiger partial charge < -0.3 is 29.0 Å². The van der Waals surface area contributed by atoms with Gasteiger partial charge in [-0.2, -0.15) is 9.15 Å². The van der Waals surface area contributed by atoms with Crippen molar-refractivity contribution < 1.29 is 54.2 Å². The van der Waals surface area contributed by atoms with E-state index in [1.54, 1.807) is 23.9 Å². The Morgan fingerprint density at radius 2 is 1.34 bits per heavy atom. The van der Waals surface area contributed by atoms with Crippen LogP contribution in [0.4, 0.5) is 22.7 Å². The Labute approximate surface area is 542 Å². The topological polar surface area (TPSA) is 199 Å². The van der Waals surface area contributed by atoms with Gasteiger partial charge >= 0.3 is 0 Å². The molecule has 4 heterocycles. The summed E-state index contributed by atoms with van der Waals surface area (Å²) in [6, 6.07) is 25.9. The van der Waals surface area contributed by atoms with Crippen molar-refractivity contribution in [3.05, 3.63) is 189 Å². The van der Waals surface area contributed by atoms with Crippen molar-refractivity contribution >= 4 is 84.3 Å². The number of hydrogen-bond acceptors (Lipinski definition) is 13. The average molecular weight is 1290 g/mol. The number of para-hydroxylation sites is 2. The van der Waals surface area contributed by atoms with E-state index in [0.717, 1.165) is 56.4 Å². The Hall–Kier alpha value is -7.22. The molecule has 480 valence electrons. The van der Waals surface area contributed by atoms with Crippen LogP contribution in [0.15, 0.2) is 177 Å². The maximum absolute atomic E-state index is 14.0. The summed E-state index contributed by atoms with van der Waals surface area (Å²) in [7, 11) is -5.18. The number of likely N-dealkylation sites (N-methyl/N-ethyl adjacent to an activating group) is 1. The van der Waals surface area contributed by atoms with Crippen LogP contribution in [-0.2, 0) is 61.0 Å². The van der Waals surface area contributed by atoms with Gasteiger partial charge in [0.25, 0.3) is 6.47 Å². The van der Waals surface area contributed by atoms with Gasteiger partial charge in [0, 0.05) is 106 Å². The molecular weight excluding hydrogens is 1200 g/mol. The van der Waals surface area contributed by atoms with Gasteiger partial charge in [0.2, 0.25) is 17.3 Å². The molecule has 18 heteroatoms. The zero-order valence-electron chi connectivity index (χ0n) is 54.0. The molecule has 4 aromatic rings. The summed E-state index contributed by atoms with van der Waals surface area (Å²) in [6.45, 7) is 17.9. The number of fused-ring (bicyclic) bond motifs is 4. The van der Waals surface area contributed by atoms with Crippen LogP contribution in [0.25, 0.3) is 0 Å². The zero-order valence-corrected chi connectivity index (χ0v) is 56.5. The molecular formula is C73H85N5O10S3. The van der Waals surface area contributed by atoms with Gasteiger partial charge in [0.15, 0.2) is 18.0 Å². The second-order valence-corrected chi connectivity index (χ2v) is 30.8. The van der Waals surface area contributed by atoms with Crippen molar-refractivity contribution in [3.8, 4) is 0 Å². The number of thioether (sulfide) groups is 1. The molecule has 0 aromatic heterocycles. The Bertz CT molecular complexity index is 4110. The fourth-order valence-corrected chi connectivity index (χ4v) is 16.9. The monoisotopic (exact) mass is 1290 g/mol. The first-order valence-corrected chi connectivity index (χ1v) is 35.4. The van der Waals surface area contributed by atoms with Crippen molar-refractivity contribution in [2.24, 2.45) is 5.92 Å². The number of allylic oxidation sites excluding steroid dienone is 13. The Balaban J connectivity index is 0.783. The maximum Gasteiger partial charge on any atom is 0.293 e. The van der Waals surface area contributed by atoms with Crippen molar-refractivity contribution in [1.82, 2.24) is 5.32 Å². The highest BCUT2D eigenvalue weighted by Crippen LogP contribution is 2.50. The molecule has 4 aromatic carbocycles. The first-order chi connectivity index (χ1) is 43.0. The van der Waals surface area contributed by atoms with Gasteiger partial charge in [-0.15, -0.1) is 11.8 Å². The van der Waals surface area contributed by atoms with E-state index in [-0.39, 0.29) is 63.8 Å². The summed E-state index contributed by atoms with van der Waals surface area (Å²) >= 11 is 1.79. The molecule has 91 heavy (non-hydrogen) atoms.